The van der Waals surface area contributed by atoms with Crippen LogP contribution in [0.5, 0.6) is 0 Å². The molecule has 0 aromatic rings. The number of hydrogen-bond donors (Lipinski definition) is 1. The Labute approximate surface area is 68.0 Å². The summed E-state index contributed by atoms with van der Waals surface area (Å²) in [6.07, 6.45) is 0.676. The summed E-state index contributed by atoms with van der Waals surface area (Å²) >= 11 is 0. The monoisotopic (exact) mass is 159 g/mol. The molecule has 1 aliphatic heterocycles. The van der Waals surface area contributed by atoms with Crippen LogP contribution in [0, 0.1) is 0 Å². The van der Waals surface area contributed by atoms with Gasteiger partial charge < -0.3 is 14.7 Å². The van der Waals surface area contributed by atoms with Crippen molar-refractivity contribution in [1.29, 1.82) is 0 Å². The summed E-state index contributed by atoms with van der Waals surface area (Å²) < 4.78 is 5.42. The zero-order chi connectivity index (χ0) is 8.43. The van der Waals surface area contributed by atoms with Crippen LogP contribution in [0.15, 0.2) is 0 Å². The highest BCUT2D eigenvalue weighted by Gasteiger charge is 2.31. The first-order valence-electron chi connectivity index (χ1n) is 4.09. The molecule has 1 N–H and O–H groups in total. The molecule has 0 aliphatic carbocycles. The van der Waals surface area contributed by atoms with Crippen molar-refractivity contribution in [2.24, 2.45) is 0 Å². The summed E-state index contributed by atoms with van der Waals surface area (Å²) in [5.74, 6) is 0. The second-order valence-corrected chi connectivity index (χ2v) is 3.39. The molecule has 0 radical (unpaired) electrons. The van der Waals surface area contributed by atoms with E-state index in [0.717, 1.165) is 6.42 Å². The first-order chi connectivity index (χ1) is 5.13. The van der Waals surface area contributed by atoms with Crippen LogP contribution in [0.1, 0.15) is 13.3 Å². The minimum atomic E-state index is -0.228. The SMILES string of the molecule is C[C@@H]1OCC[C@H](O)[C@@H]1N(C)C. The molecule has 1 aliphatic rings. The normalized spacial score (nSPS) is 39.5. The van der Waals surface area contributed by atoms with Crippen LogP contribution in [0.2, 0.25) is 0 Å². The lowest BCUT2D eigenvalue weighted by atomic mass is 10.00. The van der Waals surface area contributed by atoms with Crippen molar-refractivity contribution in [3.8, 4) is 0 Å². The van der Waals surface area contributed by atoms with E-state index >= 15 is 0 Å². The number of likely N-dealkylation sites (N-methyl/N-ethyl adjacent to an activating group) is 1. The highest BCUT2D eigenvalue weighted by atomic mass is 16.5. The Hall–Kier alpha value is -0.120. The summed E-state index contributed by atoms with van der Waals surface area (Å²) in [6.45, 7) is 2.69. The third-order valence-electron chi connectivity index (χ3n) is 2.27. The van der Waals surface area contributed by atoms with E-state index in [-0.39, 0.29) is 18.2 Å². The summed E-state index contributed by atoms with van der Waals surface area (Å²) in [5, 5.41) is 9.59. The van der Waals surface area contributed by atoms with Crippen molar-refractivity contribution in [2.45, 2.75) is 31.6 Å². The third kappa shape index (κ3) is 1.92. The van der Waals surface area contributed by atoms with Crippen molar-refractivity contribution < 1.29 is 9.84 Å². The molecule has 1 heterocycles. The van der Waals surface area contributed by atoms with Gasteiger partial charge in [0.2, 0.25) is 0 Å². The fourth-order valence-corrected chi connectivity index (χ4v) is 1.72. The van der Waals surface area contributed by atoms with Crippen molar-refractivity contribution in [1.82, 2.24) is 4.90 Å². The van der Waals surface area contributed by atoms with E-state index in [4.69, 9.17) is 4.74 Å². The smallest absolute Gasteiger partial charge is 0.0742 e. The standard InChI is InChI=1S/C8H17NO2/c1-6-8(9(2)3)7(10)4-5-11-6/h6-8,10H,4-5H2,1-3H3/t6-,7-,8+/m0/s1. The van der Waals surface area contributed by atoms with Gasteiger partial charge in [-0.25, -0.2) is 0 Å². The van der Waals surface area contributed by atoms with Gasteiger partial charge in [0.15, 0.2) is 0 Å². The number of aliphatic hydroxyl groups is 1. The van der Waals surface area contributed by atoms with Crippen LogP contribution in [-0.2, 0) is 4.74 Å². The molecule has 0 spiro atoms. The lowest BCUT2D eigenvalue weighted by molar-refractivity contribution is -0.0918. The summed E-state index contributed by atoms with van der Waals surface area (Å²) in [5.41, 5.74) is 0. The largest absolute Gasteiger partial charge is 0.391 e. The Kier molecular flexibility index (Phi) is 2.87. The molecule has 3 heteroatoms. The number of nitrogens with zero attached hydrogens (tertiary/aromatic N) is 1. The van der Waals surface area contributed by atoms with Gasteiger partial charge in [-0.3, -0.25) is 0 Å². The molecular weight excluding hydrogens is 142 g/mol. The van der Waals surface area contributed by atoms with Crippen LogP contribution >= 0.6 is 0 Å². The number of hydrogen-bond acceptors (Lipinski definition) is 3. The van der Waals surface area contributed by atoms with Crippen molar-refractivity contribution in [3.05, 3.63) is 0 Å². The third-order valence-corrected chi connectivity index (χ3v) is 2.27. The van der Waals surface area contributed by atoms with Crippen molar-refractivity contribution in [2.75, 3.05) is 20.7 Å². The van der Waals surface area contributed by atoms with Gasteiger partial charge in [0.25, 0.3) is 0 Å². The zero-order valence-electron chi connectivity index (χ0n) is 7.45. The molecule has 0 amide bonds. The van der Waals surface area contributed by atoms with Crippen molar-refractivity contribution >= 4 is 0 Å². The fourth-order valence-electron chi connectivity index (χ4n) is 1.72. The van der Waals surface area contributed by atoms with Crippen LogP contribution < -0.4 is 0 Å². The molecule has 0 aromatic heterocycles. The van der Waals surface area contributed by atoms with Crippen LogP contribution in [0.25, 0.3) is 0 Å². The Morgan fingerprint density at radius 2 is 2.09 bits per heavy atom. The molecule has 1 saturated heterocycles. The number of rotatable bonds is 1. The average Bonchev–Trinajstić information content (AvgIpc) is 1.85. The maximum Gasteiger partial charge on any atom is 0.0742 e. The molecule has 1 rings (SSSR count). The number of ether oxygens (including phenoxy) is 1. The summed E-state index contributed by atoms with van der Waals surface area (Å²) in [7, 11) is 3.94. The minimum Gasteiger partial charge on any atom is -0.391 e. The van der Waals surface area contributed by atoms with Crippen LogP contribution in [-0.4, -0.2) is 49.0 Å². The van der Waals surface area contributed by atoms with Crippen molar-refractivity contribution in [3.63, 3.8) is 0 Å². The first kappa shape index (κ1) is 8.97. The molecule has 66 valence electrons. The second kappa shape index (κ2) is 3.52. The molecule has 3 nitrogen and oxygen atoms in total. The molecule has 0 aromatic carbocycles. The number of aliphatic hydroxyl groups excluding tert-OH is 1. The van der Waals surface area contributed by atoms with Gasteiger partial charge >= 0.3 is 0 Å². The van der Waals surface area contributed by atoms with E-state index in [1.54, 1.807) is 0 Å². The Balaban J connectivity index is 2.55. The predicted octanol–water partition coefficient (Wildman–Crippen LogP) is 0.0863. The molecular formula is C8H17NO2. The zero-order valence-corrected chi connectivity index (χ0v) is 7.45. The highest BCUT2D eigenvalue weighted by molar-refractivity contribution is 4.84. The predicted molar refractivity (Wildman–Crippen MR) is 43.5 cm³/mol. The average molecular weight is 159 g/mol. The summed E-state index contributed by atoms with van der Waals surface area (Å²) in [4.78, 5) is 2.02. The van der Waals surface area contributed by atoms with Gasteiger partial charge in [-0.2, -0.15) is 0 Å². The van der Waals surface area contributed by atoms with Crippen LogP contribution in [0.4, 0.5) is 0 Å². The molecule has 0 unspecified atom stereocenters. The Bertz CT molecular complexity index is 117. The first-order valence-corrected chi connectivity index (χ1v) is 4.09. The maximum atomic E-state index is 9.59. The maximum absolute atomic E-state index is 9.59. The topological polar surface area (TPSA) is 32.7 Å². The Morgan fingerprint density at radius 3 is 2.45 bits per heavy atom. The quantitative estimate of drug-likeness (QED) is 0.588. The Morgan fingerprint density at radius 1 is 1.45 bits per heavy atom. The van der Waals surface area contributed by atoms with E-state index in [9.17, 15) is 5.11 Å². The molecule has 3 atom stereocenters. The van der Waals surface area contributed by atoms with Gasteiger partial charge in [-0.15, -0.1) is 0 Å². The summed E-state index contributed by atoms with van der Waals surface area (Å²) in [6, 6.07) is 0.156. The van der Waals surface area contributed by atoms with E-state index in [1.165, 1.54) is 0 Å². The van der Waals surface area contributed by atoms with E-state index in [0.29, 0.717) is 6.61 Å². The van der Waals surface area contributed by atoms with E-state index in [1.807, 2.05) is 25.9 Å². The molecule has 11 heavy (non-hydrogen) atoms. The van der Waals surface area contributed by atoms with Gasteiger partial charge in [-0.05, 0) is 27.4 Å². The minimum absolute atomic E-state index is 0.147. The van der Waals surface area contributed by atoms with Gasteiger partial charge in [0.1, 0.15) is 0 Å². The second-order valence-electron chi connectivity index (χ2n) is 3.39. The fraction of sp³-hybridized carbons (Fsp3) is 1.00. The molecule has 1 fully saturated rings. The lowest BCUT2D eigenvalue weighted by Crippen LogP contribution is -2.51. The molecule has 0 bridgehead atoms. The van der Waals surface area contributed by atoms with Gasteiger partial charge in [0.05, 0.1) is 18.2 Å². The van der Waals surface area contributed by atoms with Gasteiger partial charge in [0, 0.05) is 6.61 Å². The van der Waals surface area contributed by atoms with Gasteiger partial charge in [-0.1, -0.05) is 0 Å². The van der Waals surface area contributed by atoms with E-state index in [2.05, 4.69) is 0 Å². The van der Waals surface area contributed by atoms with E-state index < -0.39 is 0 Å². The lowest BCUT2D eigenvalue weighted by Gasteiger charge is -2.37. The van der Waals surface area contributed by atoms with Crippen LogP contribution in [0.3, 0.4) is 0 Å². The highest BCUT2D eigenvalue weighted by Crippen LogP contribution is 2.17. The molecule has 0 saturated carbocycles.